The molecule has 8 nitrogen and oxygen atoms in total. The van der Waals surface area contributed by atoms with Gasteiger partial charge in [-0.15, -0.1) is 0 Å². The number of aromatic amines is 1. The van der Waals surface area contributed by atoms with Crippen LogP contribution in [0.2, 0.25) is 0 Å². The molecule has 20 heavy (non-hydrogen) atoms. The van der Waals surface area contributed by atoms with E-state index in [2.05, 4.69) is 4.98 Å². The van der Waals surface area contributed by atoms with Crippen molar-refractivity contribution in [3.8, 4) is 0 Å². The number of fused-ring (bicyclic) bond motifs is 1. The number of aromatic nitrogens is 2. The maximum absolute atomic E-state index is 11.8. The average Bonchev–Trinajstić information content (AvgIpc) is 2.62. The van der Waals surface area contributed by atoms with Gasteiger partial charge in [-0.3, -0.25) is 14.3 Å². The van der Waals surface area contributed by atoms with Gasteiger partial charge in [0.25, 0.3) is 5.56 Å². The second-order valence-electron chi connectivity index (χ2n) is 4.87. The monoisotopic (exact) mass is 320 g/mol. The Balaban J connectivity index is 2.00. The quantitative estimate of drug-likeness (QED) is 0.647. The van der Waals surface area contributed by atoms with Gasteiger partial charge in [-0.2, -0.15) is 0 Å². The van der Waals surface area contributed by atoms with E-state index in [0.29, 0.717) is 0 Å². The first-order valence-electron chi connectivity index (χ1n) is 5.92. The summed E-state index contributed by atoms with van der Waals surface area (Å²) < 4.78 is 17.5. The molecule has 1 aromatic rings. The van der Waals surface area contributed by atoms with Crippen LogP contribution >= 0.6 is 7.15 Å². The Morgan fingerprint density at radius 2 is 2.35 bits per heavy atom. The second kappa shape index (κ2) is 4.87. The molecule has 3 heterocycles. The fraction of sp³-hybridized carbons (Fsp3) is 0.600. The number of ether oxygens (including phenoxy) is 1. The summed E-state index contributed by atoms with van der Waals surface area (Å²) in [5, 5.41) is 10.6. The predicted octanol–water partition coefficient (Wildman–Crippen LogP) is -0.894. The molecule has 1 unspecified atom stereocenters. The van der Waals surface area contributed by atoms with Gasteiger partial charge < -0.3 is 18.9 Å². The van der Waals surface area contributed by atoms with Crippen molar-refractivity contribution in [2.45, 2.75) is 31.0 Å². The lowest BCUT2D eigenvalue weighted by molar-refractivity contribution is -0.0921. The molecule has 0 spiro atoms. The molecule has 0 bridgehead atoms. The Labute approximate surface area is 118 Å². The number of aliphatic hydroxyl groups is 1. The first-order valence-corrected chi connectivity index (χ1v) is 8.37. The molecular formula is C10H13N2O6PS. The van der Waals surface area contributed by atoms with E-state index >= 15 is 0 Å². The zero-order chi connectivity index (χ0) is 14.5. The van der Waals surface area contributed by atoms with Crippen molar-refractivity contribution in [3.63, 3.8) is 0 Å². The number of H-pyrrole nitrogens is 1. The van der Waals surface area contributed by atoms with Gasteiger partial charge in [-0.1, -0.05) is 0 Å². The van der Waals surface area contributed by atoms with Crippen LogP contribution < -0.4 is 11.2 Å². The second-order valence-corrected chi connectivity index (χ2v) is 6.89. The summed E-state index contributed by atoms with van der Waals surface area (Å²) in [4.78, 5) is 25.0. The summed E-state index contributed by atoms with van der Waals surface area (Å²) in [6.45, 7) is 1.73. The highest BCUT2D eigenvalue weighted by molar-refractivity contribution is 8.00. The summed E-state index contributed by atoms with van der Waals surface area (Å²) >= 11 is 4.99. The maximum Gasteiger partial charge on any atom is 0.330 e. The van der Waals surface area contributed by atoms with E-state index in [4.69, 9.17) is 25.6 Å². The smallest absolute Gasteiger partial charge is 0.330 e. The zero-order valence-corrected chi connectivity index (χ0v) is 12.3. The molecule has 2 aliphatic heterocycles. The van der Waals surface area contributed by atoms with Crippen LogP contribution in [0, 0.1) is 0 Å². The van der Waals surface area contributed by atoms with Crippen LogP contribution in [-0.4, -0.2) is 39.1 Å². The fourth-order valence-corrected chi connectivity index (χ4v) is 3.94. The highest BCUT2D eigenvalue weighted by Gasteiger charge is 2.56. The largest absolute Gasteiger partial charge is 0.383 e. The normalized spacial score (nSPS) is 40.5. The third-order valence-corrected chi connectivity index (χ3v) is 4.90. The molecule has 0 aliphatic carbocycles. The van der Waals surface area contributed by atoms with E-state index in [9.17, 15) is 14.7 Å². The fourth-order valence-electron chi connectivity index (χ4n) is 2.46. The van der Waals surface area contributed by atoms with E-state index in [-0.39, 0.29) is 6.61 Å². The van der Waals surface area contributed by atoms with Crippen molar-refractivity contribution >= 4 is 19.0 Å². The van der Waals surface area contributed by atoms with Gasteiger partial charge in [-0.25, -0.2) is 4.79 Å². The minimum Gasteiger partial charge on any atom is -0.383 e. The first kappa shape index (κ1) is 14.1. The molecule has 0 aromatic carbocycles. The standard InChI is InChI=1S/C10H13N2O6PS/c1-10(15)7-5(4-16-19(20)18-7)17-8(10)12-3-2-6(13)11-9(12)14/h2-3,5,7-8,15,19H,4H2,1H3,(H,11,13,14)/t5-,7-,8-,10-/m1/s1. The van der Waals surface area contributed by atoms with Gasteiger partial charge >= 0.3 is 5.69 Å². The van der Waals surface area contributed by atoms with Crippen LogP contribution in [0.4, 0.5) is 0 Å². The maximum atomic E-state index is 11.8. The van der Waals surface area contributed by atoms with Crippen molar-refractivity contribution in [1.82, 2.24) is 9.55 Å². The van der Waals surface area contributed by atoms with Crippen LogP contribution in [0.3, 0.4) is 0 Å². The number of hydrogen-bond donors (Lipinski definition) is 2. The van der Waals surface area contributed by atoms with Crippen molar-refractivity contribution in [3.05, 3.63) is 33.1 Å². The van der Waals surface area contributed by atoms with Crippen LogP contribution in [0.15, 0.2) is 21.9 Å². The molecule has 5 atom stereocenters. The molecule has 2 aliphatic rings. The summed E-state index contributed by atoms with van der Waals surface area (Å²) in [5.74, 6) is 0. The SMILES string of the molecule is C[C@@]1(O)[C@@H]2O[PH](=S)OC[C@H]2O[C@H]1n1ccc(=O)[nH]c1=O. The van der Waals surface area contributed by atoms with Crippen molar-refractivity contribution < 1.29 is 18.9 Å². The minimum atomic E-state index is -1.84. The molecule has 2 N–H and O–H groups in total. The molecule has 1 aromatic heterocycles. The van der Waals surface area contributed by atoms with Crippen LogP contribution in [0.1, 0.15) is 13.2 Å². The Hall–Kier alpha value is -0.830. The van der Waals surface area contributed by atoms with Crippen LogP contribution in [-0.2, 0) is 25.6 Å². The van der Waals surface area contributed by atoms with Crippen LogP contribution in [0.25, 0.3) is 0 Å². The van der Waals surface area contributed by atoms with E-state index in [1.165, 1.54) is 19.2 Å². The molecule has 0 radical (unpaired) electrons. The topological polar surface area (TPSA) is 103 Å². The lowest BCUT2D eigenvalue weighted by atomic mass is 9.96. The molecule has 0 saturated carbocycles. The van der Waals surface area contributed by atoms with E-state index in [0.717, 1.165) is 4.57 Å². The summed E-state index contributed by atoms with van der Waals surface area (Å²) in [6, 6.07) is 1.18. The molecule has 3 rings (SSSR count). The number of nitrogens with one attached hydrogen (secondary N) is 1. The Bertz CT molecular complexity index is 670. The number of rotatable bonds is 1. The molecule has 0 amide bonds. The molecular weight excluding hydrogens is 307 g/mol. The average molecular weight is 320 g/mol. The lowest BCUT2D eigenvalue weighted by Crippen LogP contribution is -2.48. The van der Waals surface area contributed by atoms with Crippen molar-refractivity contribution in [2.75, 3.05) is 6.61 Å². The highest BCUT2D eigenvalue weighted by Crippen LogP contribution is 2.47. The molecule has 2 saturated heterocycles. The molecule has 2 fully saturated rings. The number of nitrogens with zero attached hydrogens (tertiary/aromatic N) is 1. The third-order valence-electron chi connectivity index (χ3n) is 3.41. The predicted molar refractivity (Wildman–Crippen MR) is 72.4 cm³/mol. The Morgan fingerprint density at radius 1 is 1.60 bits per heavy atom. The molecule has 10 heteroatoms. The highest BCUT2D eigenvalue weighted by atomic mass is 32.4. The van der Waals surface area contributed by atoms with Crippen molar-refractivity contribution in [1.29, 1.82) is 0 Å². The third kappa shape index (κ3) is 2.20. The van der Waals surface area contributed by atoms with Gasteiger partial charge in [0.2, 0.25) is 0 Å². The number of hydrogen-bond acceptors (Lipinski definition) is 7. The minimum absolute atomic E-state index is 0.215. The Morgan fingerprint density at radius 3 is 3.05 bits per heavy atom. The lowest BCUT2D eigenvalue weighted by Gasteiger charge is -2.32. The van der Waals surface area contributed by atoms with Gasteiger partial charge in [-0.05, 0) is 18.7 Å². The van der Waals surface area contributed by atoms with Gasteiger partial charge in [0, 0.05) is 12.3 Å². The van der Waals surface area contributed by atoms with Crippen LogP contribution in [0.5, 0.6) is 0 Å². The van der Waals surface area contributed by atoms with E-state index < -0.39 is 42.4 Å². The summed E-state index contributed by atoms with van der Waals surface area (Å²) in [7, 11) is -1.84. The summed E-state index contributed by atoms with van der Waals surface area (Å²) in [6.07, 6.45) is -0.872. The van der Waals surface area contributed by atoms with Crippen molar-refractivity contribution in [2.24, 2.45) is 0 Å². The van der Waals surface area contributed by atoms with Gasteiger partial charge in [0.15, 0.2) is 13.4 Å². The Kier molecular flexibility index (Phi) is 3.44. The zero-order valence-electron chi connectivity index (χ0n) is 10.4. The van der Waals surface area contributed by atoms with E-state index in [1.807, 2.05) is 0 Å². The summed E-state index contributed by atoms with van der Waals surface area (Å²) in [5.41, 5.74) is -2.63. The molecule has 110 valence electrons. The first-order chi connectivity index (χ1) is 9.39. The van der Waals surface area contributed by atoms with Gasteiger partial charge in [0.05, 0.1) is 6.61 Å². The van der Waals surface area contributed by atoms with Gasteiger partial charge in [0.1, 0.15) is 17.8 Å². The van der Waals surface area contributed by atoms with E-state index in [1.54, 1.807) is 0 Å².